The molecule has 1 unspecified atom stereocenters. The second-order valence-corrected chi connectivity index (χ2v) is 5.83. The largest absolute Gasteiger partial charge is 0.456 e. The van der Waals surface area contributed by atoms with Crippen LogP contribution < -0.4 is 0 Å². The molecule has 1 atom stereocenters. The number of allylic oxidation sites excluding steroid dienone is 2. The van der Waals surface area contributed by atoms with E-state index in [1.807, 2.05) is 12.1 Å². The van der Waals surface area contributed by atoms with E-state index in [1.165, 1.54) is 21.9 Å². The Bertz CT molecular complexity index is 900. The van der Waals surface area contributed by atoms with E-state index in [1.54, 1.807) is 0 Å². The summed E-state index contributed by atoms with van der Waals surface area (Å²) in [6.45, 7) is 5.30. The lowest BCUT2D eigenvalue weighted by atomic mass is 9.99. The van der Waals surface area contributed by atoms with Crippen molar-refractivity contribution in [1.82, 2.24) is 4.90 Å². The van der Waals surface area contributed by atoms with E-state index in [4.69, 9.17) is 4.42 Å². The fraction of sp³-hybridized carbons (Fsp3) is 0.238. The first-order valence-corrected chi connectivity index (χ1v) is 7.80. The lowest BCUT2D eigenvalue weighted by molar-refractivity contribution is 0.335. The molecule has 2 heteroatoms. The standard InChI is InChI=1S/C20H19NO.CH4/c1-3-21-13-14(2)11-12-18(21)17-9-6-8-16-15-7-4-5-10-19(15)22-20(16)17;/h4-13,18H,3H2,1-2H3;1H4. The van der Waals surface area contributed by atoms with Crippen molar-refractivity contribution in [2.45, 2.75) is 27.3 Å². The summed E-state index contributed by atoms with van der Waals surface area (Å²) in [6.07, 6.45) is 6.69. The van der Waals surface area contributed by atoms with Crippen molar-refractivity contribution < 1.29 is 4.42 Å². The topological polar surface area (TPSA) is 16.4 Å². The molecule has 1 aliphatic heterocycles. The second kappa shape index (κ2) is 5.96. The van der Waals surface area contributed by atoms with E-state index in [0.717, 1.165) is 17.7 Å². The molecule has 0 spiro atoms. The number of benzene rings is 2. The summed E-state index contributed by atoms with van der Waals surface area (Å²) in [5.41, 5.74) is 4.48. The maximum Gasteiger partial charge on any atom is 0.141 e. The monoisotopic (exact) mass is 305 g/mol. The van der Waals surface area contributed by atoms with Gasteiger partial charge in [0.2, 0.25) is 0 Å². The number of likely N-dealkylation sites (N-methyl/N-ethyl adjacent to an activating group) is 1. The number of fused-ring (bicyclic) bond motifs is 3. The first-order valence-electron chi connectivity index (χ1n) is 7.80. The highest BCUT2D eigenvalue weighted by molar-refractivity contribution is 6.05. The lowest BCUT2D eigenvalue weighted by Gasteiger charge is -2.30. The molecule has 4 rings (SSSR count). The van der Waals surface area contributed by atoms with E-state index < -0.39 is 0 Å². The molecule has 0 saturated heterocycles. The SMILES string of the molecule is C.CCN1C=C(C)C=CC1c1cccc2c1oc1ccccc12. The molecule has 0 aliphatic carbocycles. The quantitative estimate of drug-likeness (QED) is 0.572. The average Bonchev–Trinajstić information content (AvgIpc) is 2.93. The number of nitrogens with zero attached hydrogens (tertiary/aromatic N) is 1. The van der Waals surface area contributed by atoms with Crippen LogP contribution in [0.4, 0.5) is 0 Å². The van der Waals surface area contributed by atoms with Gasteiger partial charge in [-0.05, 0) is 25.5 Å². The molecule has 118 valence electrons. The molecule has 0 radical (unpaired) electrons. The van der Waals surface area contributed by atoms with Gasteiger partial charge in [0.1, 0.15) is 11.2 Å². The van der Waals surface area contributed by atoms with Crippen molar-refractivity contribution in [3.05, 3.63) is 72.0 Å². The minimum absolute atomic E-state index is 0. The van der Waals surface area contributed by atoms with Gasteiger partial charge >= 0.3 is 0 Å². The van der Waals surface area contributed by atoms with Gasteiger partial charge in [-0.2, -0.15) is 0 Å². The third kappa shape index (κ3) is 2.44. The molecule has 1 aliphatic rings. The van der Waals surface area contributed by atoms with Gasteiger partial charge in [-0.3, -0.25) is 0 Å². The summed E-state index contributed by atoms with van der Waals surface area (Å²) in [4.78, 5) is 2.36. The Morgan fingerprint density at radius 1 is 1.04 bits per heavy atom. The van der Waals surface area contributed by atoms with Crippen LogP contribution in [0.1, 0.15) is 32.9 Å². The van der Waals surface area contributed by atoms with Gasteiger partial charge in [0.15, 0.2) is 0 Å². The molecule has 23 heavy (non-hydrogen) atoms. The van der Waals surface area contributed by atoms with E-state index in [9.17, 15) is 0 Å². The van der Waals surface area contributed by atoms with Crippen LogP contribution in [0.5, 0.6) is 0 Å². The van der Waals surface area contributed by atoms with Crippen molar-refractivity contribution in [3.8, 4) is 0 Å². The molecular weight excluding hydrogens is 282 g/mol. The van der Waals surface area contributed by atoms with Gasteiger partial charge in [-0.1, -0.05) is 56.0 Å². The minimum Gasteiger partial charge on any atom is -0.456 e. The van der Waals surface area contributed by atoms with E-state index >= 15 is 0 Å². The number of hydrogen-bond donors (Lipinski definition) is 0. The van der Waals surface area contributed by atoms with Crippen LogP contribution in [-0.2, 0) is 0 Å². The number of rotatable bonds is 2. The van der Waals surface area contributed by atoms with Gasteiger partial charge in [0.25, 0.3) is 0 Å². The van der Waals surface area contributed by atoms with Gasteiger partial charge in [-0.25, -0.2) is 0 Å². The predicted octanol–water partition coefficient (Wildman–Crippen LogP) is 6.06. The average molecular weight is 305 g/mol. The zero-order valence-corrected chi connectivity index (χ0v) is 12.9. The van der Waals surface area contributed by atoms with Crippen LogP contribution >= 0.6 is 0 Å². The third-order valence-corrected chi connectivity index (χ3v) is 4.39. The molecule has 3 aromatic rings. The first kappa shape index (κ1) is 15.4. The Morgan fingerprint density at radius 2 is 1.83 bits per heavy atom. The van der Waals surface area contributed by atoms with Crippen LogP contribution in [0.15, 0.2) is 70.8 Å². The van der Waals surface area contributed by atoms with E-state index in [2.05, 4.69) is 67.4 Å². The minimum atomic E-state index is 0. The fourth-order valence-electron chi connectivity index (χ4n) is 3.31. The zero-order valence-electron chi connectivity index (χ0n) is 12.9. The normalized spacial score (nSPS) is 17.4. The van der Waals surface area contributed by atoms with Crippen molar-refractivity contribution in [3.63, 3.8) is 0 Å². The number of furan rings is 1. The molecule has 0 saturated carbocycles. The summed E-state index contributed by atoms with van der Waals surface area (Å²) in [5.74, 6) is 0. The maximum atomic E-state index is 6.18. The molecular formula is C21H23NO. The van der Waals surface area contributed by atoms with Crippen molar-refractivity contribution in [1.29, 1.82) is 0 Å². The van der Waals surface area contributed by atoms with E-state index in [-0.39, 0.29) is 13.5 Å². The van der Waals surface area contributed by atoms with Gasteiger partial charge in [0, 0.05) is 29.1 Å². The summed E-state index contributed by atoms with van der Waals surface area (Å²) in [6, 6.07) is 14.9. The van der Waals surface area contributed by atoms with Gasteiger partial charge in [-0.15, -0.1) is 0 Å². The highest BCUT2D eigenvalue weighted by Crippen LogP contribution is 2.36. The molecule has 2 heterocycles. The molecule has 0 fully saturated rings. The van der Waals surface area contributed by atoms with E-state index in [0.29, 0.717) is 0 Å². The molecule has 2 nitrogen and oxygen atoms in total. The van der Waals surface area contributed by atoms with Crippen molar-refractivity contribution in [2.75, 3.05) is 6.54 Å². The Kier molecular flexibility index (Phi) is 3.99. The second-order valence-electron chi connectivity index (χ2n) is 5.83. The van der Waals surface area contributed by atoms with Crippen LogP contribution in [0, 0.1) is 0 Å². The number of hydrogen-bond acceptors (Lipinski definition) is 2. The Labute approximate surface area is 137 Å². The van der Waals surface area contributed by atoms with Crippen LogP contribution in [0.2, 0.25) is 0 Å². The predicted molar refractivity (Wildman–Crippen MR) is 98.5 cm³/mol. The molecule has 0 N–H and O–H groups in total. The number of para-hydroxylation sites is 2. The maximum absolute atomic E-state index is 6.18. The first-order chi connectivity index (χ1) is 10.8. The zero-order chi connectivity index (χ0) is 15.1. The summed E-state index contributed by atoms with van der Waals surface area (Å²) >= 11 is 0. The molecule has 1 aromatic heterocycles. The summed E-state index contributed by atoms with van der Waals surface area (Å²) < 4.78 is 6.18. The van der Waals surface area contributed by atoms with Gasteiger partial charge < -0.3 is 9.32 Å². The molecule has 2 aromatic carbocycles. The Morgan fingerprint density at radius 3 is 2.65 bits per heavy atom. The van der Waals surface area contributed by atoms with Gasteiger partial charge in [0.05, 0.1) is 6.04 Å². The highest BCUT2D eigenvalue weighted by Gasteiger charge is 2.21. The lowest BCUT2D eigenvalue weighted by Crippen LogP contribution is -2.24. The summed E-state index contributed by atoms with van der Waals surface area (Å²) in [5, 5.41) is 2.39. The Balaban J connectivity index is 0.00000156. The summed E-state index contributed by atoms with van der Waals surface area (Å²) in [7, 11) is 0. The smallest absolute Gasteiger partial charge is 0.141 e. The van der Waals surface area contributed by atoms with Crippen molar-refractivity contribution in [2.24, 2.45) is 0 Å². The fourth-order valence-corrected chi connectivity index (χ4v) is 3.31. The molecule has 0 amide bonds. The van der Waals surface area contributed by atoms with Crippen LogP contribution in [0.3, 0.4) is 0 Å². The molecule has 0 bridgehead atoms. The Hall–Kier alpha value is -2.48. The third-order valence-electron chi connectivity index (χ3n) is 4.39. The highest BCUT2D eigenvalue weighted by atomic mass is 16.3. The van der Waals surface area contributed by atoms with Crippen LogP contribution in [0.25, 0.3) is 21.9 Å². The van der Waals surface area contributed by atoms with Crippen LogP contribution in [-0.4, -0.2) is 11.4 Å². The van der Waals surface area contributed by atoms with Crippen molar-refractivity contribution >= 4 is 21.9 Å².